The van der Waals surface area contributed by atoms with E-state index in [1.165, 1.54) is 5.56 Å². The molecule has 0 spiro atoms. The quantitative estimate of drug-likeness (QED) is 0.592. The predicted octanol–water partition coefficient (Wildman–Crippen LogP) is -0.191. The van der Waals surface area contributed by atoms with Gasteiger partial charge in [-0.2, -0.15) is 0 Å². The maximum absolute atomic E-state index is 9.31. The summed E-state index contributed by atoms with van der Waals surface area (Å²) in [6, 6.07) is 2.06. The molecule has 0 aromatic carbocycles. The minimum atomic E-state index is -0.411. The second kappa shape index (κ2) is 5.80. The fourth-order valence-corrected chi connectivity index (χ4v) is 1.36. The van der Waals surface area contributed by atoms with Gasteiger partial charge < -0.3 is 20.7 Å². The number of aromatic nitrogens is 1. The first kappa shape index (κ1) is 11.2. The van der Waals surface area contributed by atoms with Crippen LogP contribution in [0.2, 0.25) is 0 Å². The number of aliphatic hydroxyl groups is 1. The van der Waals surface area contributed by atoms with Crippen LogP contribution in [0.25, 0.3) is 0 Å². The highest BCUT2D eigenvalue weighted by molar-refractivity contribution is 5.08. The summed E-state index contributed by atoms with van der Waals surface area (Å²) in [4.78, 5) is 5.11. The molecule has 80 valence electrons. The summed E-state index contributed by atoms with van der Waals surface area (Å²) in [6.07, 6.45) is 4.50. The molecule has 0 aliphatic heterocycles. The van der Waals surface area contributed by atoms with Crippen LogP contribution in [0.1, 0.15) is 5.56 Å². The lowest BCUT2D eigenvalue weighted by Crippen LogP contribution is -2.35. The van der Waals surface area contributed by atoms with Gasteiger partial charge in [0.1, 0.15) is 0 Å². The Kier molecular flexibility index (Phi) is 4.65. The summed E-state index contributed by atoms with van der Waals surface area (Å²) in [5.74, 6) is 0. The molecule has 0 aliphatic carbocycles. The molecule has 1 unspecified atom stereocenters. The van der Waals surface area contributed by atoms with E-state index < -0.39 is 6.10 Å². The van der Waals surface area contributed by atoms with Crippen LogP contribution >= 0.6 is 0 Å². The third-order valence-corrected chi connectivity index (χ3v) is 2.24. The fraction of sp³-hybridized carbons (Fsp3) is 0.600. The predicted molar refractivity (Wildman–Crippen MR) is 57.1 cm³/mol. The van der Waals surface area contributed by atoms with Gasteiger partial charge in [0.05, 0.1) is 6.10 Å². The minimum absolute atomic E-state index is 0.328. The first-order valence-corrected chi connectivity index (χ1v) is 4.90. The van der Waals surface area contributed by atoms with E-state index in [1.54, 1.807) is 0 Å². The molecule has 0 amide bonds. The van der Waals surface area contributed by atoms with Crippen molar-refractivity contribution in [1.29, 1.82) is 0 Å². The van der Waals surface area contributed by atoms with E-state index in [4.69, 9.17) is 5.73 Å². The smallest absolute Gasteiger partial charge is 0.0788 e. The molecule has 1 aromatic heterocycles. The van der Waals surface area contributed by atoms with Crippen molar-refractivity contribution in [3.63, 3.8) is 0 Å². The molecule has 0 fully saturated rings. The zero-order chi connectivity index (χ0) is 10.4. The summed E-state index contributed by atoms with van der Waals surface area (Å²) < 4.78 is 0. The van der Waals surface area contributed by atoms with E-state index in [9.17, 15) is 5.11 Å². The van der Waals surface area contributed by atoms with Gasteiger partial charge in [-0.15, -0.1) is 0 Å². The molecule has 0 saturated carbocycles. The Morgan fingerprint density at radius 3 is 3.00 bits per heavy atom. The standard InChI is InChI=1S/C10H19N3O/c1-13(8-10(14)6-11)5-3-9-2-4-12-7-9/h2,4,7,10,12,14H,3,5-6,8,11H2,1H3. The second-order valence-electron chi connectivity index (χ2n) is 3.62. The number of aliphatic hydroxyl groups excluding tert-OH is 1. The normalized spacial score (nSPS) is 13.4. The summed E-state index contributed by atoms with van der Waals surface area (Å²) in [6.45, 7) is 1.91. The van der Waals surface area contributed by atoms with Crippen molar-refractivity contribution in [2.24, 2.45) is 5.73 Å². The van der Waals surface area contributed by atoms with Gasteiger partial charge in [-0.05, 0) is 25.1 Å². The lowest BCUT2D eigenvalue weighted by molar-refractivity contribution is 0.133. The van der Waals surface area contributed by atoms with Crippen LogP contribution in [0, 0.1) is 0 Å². The van der Waals surface area contributed by atoms with E-state index in [1.807, 2.05) is 19.4 Å². The summed E-state index contributed by atoms with van der Waals surface area (Å²) in [5, 5.41) is 9.31. The Morgan fingerprint density at radius 2 is 2.43 bits per heavy atom. The van der Waals surface area contributed by atoms with Crippen LogP contribution in [-0.4, -0.2) is 47.8 Å². The number of rotatable bonds is 6. The van der Waals surface area contributed by atoms with Crippen LogP contribution in [0.5, 0.6) is 0 Å². The van der Waals surface area contributed by atoms with Crippen molar-refractivity contribution in [3.8, 4) is 0 Å². The maximum Gasteiger partial charge on any atom is 0.0788 e. The van der Waals surface area contributed by atoms with Gasteiger partial charge in [0.25, 0.3) is 0 Å². The van der Waals surface area contributed by atoms with Gasteiger partial charge in [0, 0.05) is 32.0 Å². The Labute approximate surface area is 84.7 Å². The molecule has 0 aliphatic rings. The SMILES string of the molecule is CN(CCc1cc[nH]c1)CC(O)CN. The van der Waals surface area contributed by atoms with E-state index >= 15 is 0 Å². The Bertz CT molecular complexity index is 236. The van der Waals surface area contributed by atoms with Crippen LogP contribution in [-0.2, 0) is 6.42 Å². The molecule has 1 aromatic rings. The second-order valence-corrected chi connectivity index (χ2v) is 3.62. The number of likely N-dealkylation sites (N-methyl/N-ethyl adjacent to an activating group) is 1. The Morgan fingerprint density at radius 1 is 1.64 bits per heavy atom. The highest BCUT2D eigenvalue weighted by Crippen LogP contribution is 1.99. The summed E-state index contributed by atoms with van der Waals surface area (Å²) in [7, 11) is 1.99. The largest absolute Gasteiger partial charge is 0.390 e. The molecule has 4 heteroatoms. The first-order chi connectivity index (χ1) is 6.72. The zero-order valence-electron chi connectivity index (χ0n) is 8.61. The molecule has 1 heterocycles. The van der Waals surface area contributed by atoms with Crippen LogP contribution in [0.3, 0.4) is 0 Å². The number of hydrogen-bond donors (Lipinski definition) is 3. The molecular weight excluding hydrogens is 178 g/mol. The third kappa shape index (κ3) is 3.91. The van der Waals surface area contributed by atoms with Gasteiger partial charge in [0.2, 0.25) is 0 Å². The van der Waals surface area contributed by atoms with Crippen LogP contribution in [0.15, 0.2) is 18.5 Å². The van der Waals surface area contributed by atoms with Gasteiger partial charge >= 0.3 is 0 Å². The van der Waals surface area contributed by atoms with Crippen LogP contribution in [0.4, 0.5) is 0 Å². The van der Waals surface area contributed by atoms with Crippen molar-refractivity contribution in [1.82, 2.24) is 9.88 Å². The molecular formula is C10H19N3O. The molecule has 1 rings (SSSR count). The van der Waals surface area contributed by atoms with Crippen molar-refractivity contribution in [2.75, 3.05) is 26.7 Å². The average Bonchev–Trinajstić information content (AvgIpc) is 2.67. The van der Waals surface area contributed by atoms with Gasteiger partial charge in [-0.1, -0.05) is 0 Å². The highest BCUT2D eigenvalue weighted by atomic mass is 16.3. The fourth-order valence-electron chi connectivity index (χ4n) is 1.36. The Hall–Kier alpha value is -0.840. The molecule has 0 saturated heterocycles. The highest BCUT2D eigenvalue weighted by Gasteiger charge is 2.05. The van der Waals surface area contributed by atoms with Crippen molar-refractivity contribution in [3.05, 3.63) is 24.0 Å². The Balaban J connectivity index is 2.18. The van der Waals surface area contributed by atoms with Crippen LogP contribution < -0.4 is 5.73 Å². The van der Waals surface area contributed by atoms with Crippen molar-refractivity contribution < 1.29 is 5.11 Å². The average molecular weight is 197 g/mol. The molecule has 14 heavy (non-hydrogen) atoms. The number of nitrogens with zero attached hydrogens (tertiary/aromatic N) is 1. The van der Waals surface area contributed by atoms with Gasteiger partial charge in [-0.25, -0.2) is 0 Å². The van der Waals surface area contributed by atoms with E-state index in [-0.39, 0.29) is 0 Å². The third-order valence-electron chi connectivity index (χ3n) is 2.24. The van der Waals surface area contributed by atoms with E-state index in [0.29, 0.717) is 13.1 Å². The van der Waals surface area contributed by atoms with Crippen molar-refractivity contribution >= 4 is 0 Å². The number of nitrogens with two attached hydrogens (primary N) is 1. The first-order valence-electron chi connectivity index (χ1n) is 4.90. The molecule has 0 radical (unpaired) electrons. The number of H-pyrrole nitrogens is 1. The molecule has 0 bridgehead atoms. The number of hydrogen-bond acceptors (Lipinski definition) is 3. The number of nitrogens with one attached hydrogen (secondary N) is 1. The summed E-state index contributed by atoms with van der Waals surface area (Å²) >= 11 is 0. The zero-order valence-corrected chi connectivity index (χ0v) is 8.61. The van der Waals surface area contributed by atoms with E-state index in [2.05, 4.69) is 16.0 Å². The van der Waals surface area contributed by atoms with Crippen molar-refractivity contribution in [2.45, 2.75) is 12.5 Å². The summed E-state index contributed by atoms with van der Waals surface area (Å²) in [5.41, 5.74) is 6.62. The molecule has 1 atom stereocenters. The monoisotopic (exact) mass is 197 g/mol. The maximum atomic E-state index is 9.31. The topological polar surface area (TPSA) is 65.3 Å². The van der Waals surface area contributed by atoms with E-state index in [0.717, 1.165) is 13.0 Å². The lowest BCUT2D eigenvalue weighted by atomic mass is 10.2. The minimum Gasteiger partial charge on any atom is -0.390 e. The molecule has 4 nitrogen and oxygen atoms in total. The lowest BCUT2D eigenvalue weighted by Gasteiger charge is -2.19. The van der Waals surface area contributed by atoms with Gasteiger partial charge in [0.15, 0.2) is 0 Å². The molecule has 4 N–H and O–H groups in total. The number of aromatic amines is 1. The van der Waals surface area contributed by atoms with Gasteiger partial charge in [-0.3, -0.25) is 0 Å².